The third kappa shape index (κ3) is 1.73. The highest BCUT2D eigenvalue weighted by atomic mass is 19.4. The first-order valence-corrected chi connectivity index (χ1v) is 2.07. The van der Waals surface area contributed by atoms with Crippen LogP contribution in [0.5, 0.6) is 0 Å². The highest BCUT2D eigenvalue weighted by molar-refractivity contribution is 4.85. The summed E-state index contributed by atoms with van der Waals surface area (Å²) in [5.74, 6) is -6.29. The molecule has 1 radical (unpaired) electrons. The second-order valence-electron chi connectivity index (χ2n) is 1.65. The minimum absolute atomic E-state index is 5.19. The molecule has 0 aliphatic carbocycles. The van der Waals surface area contributed by atoms with Crippen LogP contribution in [-0.2, 0) is 0 Å². The smallest absolute Gasteiger partial charge is 0.187 e. The highest BCUT2D eigenvalue weighted by Gasteiger charge is 2.72. The van der Waals surface area contributed by atoms with Gasteiger partial charge in [0.1, 0.15) is 0 Å². The SMILES string of the molecule is [NH]C(F)(F)C(F)(F)C(F)(F)F. The molecule has 67 valence electrons. The Balaban J connectivity index is 4.75. The predicted octanol–water partition coefficient (Wildman–Crippen LogP) is 2.06. The molecule has 0 rings (SSSR count). The Bertz CT molecular complexity index is 125. The van der Waals surface area contributed by atoms with Crippen LogP contribution in [0.3, 0.4) is 0 Å². The van der Waals surface area contributed by atoms with E-state index in [0.717, 1.165) is 0 Å². The van der Waals surface area contributed by atoms with Crippen LogP contribution in [0.15, 0.2) is 0 Å². The van der Waals surface area contributed by atoms with Gasteiger partial charge in [-0.3, -0.25) is 0 Å². The third-order valence-electron chi connectivity index (χ3n) is 0.750. The van der Waals surface area contributed by atoms with E-state index in [9.17, 15) is 30.7 Å². The van der Waals surface area contributed by atoms with Gasteiger partial charge >= 0.3 is 18.1 Å². The van der Waals surface area contributed by atoms with Crippen molar-refractivity contribution in [2.24, 2.45) is 0 Å². The maximum Gasteiger partial charge on any atom is 0.461 e. The van der Waals surface area contributed by atoms with E-state index < -0.39 is 18.1 Å². The minimum Gasteiger partial charge on any atom is -0.187 e. The van der Waals surface area contributed by atoms with E-state index in [1.165, 1.54) is 0 Å². The quantitative estimate of drug-likeness (QED) is 0.440. The molecule has 0 aromatic rings. The molecular formula is C3HF7N. The van der Waals surface area contributed by atoms with Crippen LogP contribution >= 0.6 is 0 Å². The highest BCUT2D eigenvalue weighted by Crippen LogP contribution is 2.44. The third-order valence-corrected chi connectivity index (χ3v) is 0.750. The average Bonchev–Trinajstić information content (AvgIpc) is 1.58. The molecule has 0 bridgehead atoms. The lowest BCUT2D eigenvalue weighted by molar-refractivity contribution is -0.355. The van der Waals surface area contributed by atoms with Crippen molar-refractivity contribution in [3.63, 3.8) is 0 Å². The Labute approximate surface area is 56.0 Å². The minimum atomic E-state index is -6.39. The lowest BCUT2D eigenvalue weighted by atomic mass is 10.3. The van der Waals surface area contributed by atoms with Crippen LogP contribution in [-0.4, -0.2) is 18.1 Å². The largest absolute Gasteiger partial charge is 0.461 e. The van der Waals surface area contributed by atoms with Crippen molar-refractivity contribution in [1.82, 2.24) is 5.73 Å². The summed E-state index contributed by atoms with van der Waals surface area (Å²) in [6, 6.07) is -5.83. The van der Waals surface area contributed by atoms with Crippen molar-refractivity contribution in [3.8, 4) is 0 Å². The van der Waals surface area contributed by atoms with E-state index in [-0.39, 0.29) is 0 Å². The van der Waals surface area contributed by atoms with E-state index in [1.807, 2.05) is 0 Å². The van der Waals surface area contributed by atoms with Crippen LogP contribution < -0.4 is 5.73 Å². The predicted molar refractivity (Wildman–Crippen MR) is 19.0 cm³/mol. The van der Waals surface area contributed by atoms with Gasteiger partial charge in [0.25, 0.3) is 0 Å². The fourth-order valence-electron chi connectivity index (χ4n) is 0.178. The number of nitrogens with one attached hydrogen (secondary N) is 1. The normalized spacial score (nSPS) is 15.3. The summed E-state index contributed by atoms with van der Waals surface area (Å²) in [4.78, 5) is 0. The lowest BCUT2D eigenvalue weighted by Gasteiger charge is -2.23. The molecule has 0 heterocycles. The average molecular weight is 184 g/mol. The topological polar surface area (TPSA) is 23.8 Å². The van der Waals surface area contributed by atoms with Crippen LogP contribution in [0.25, 0.3) is 0 Å². The molecule has 11 heavy (non-hydrogen) atoms. The maximum atomic E-state index is 11.4. The fraction of sp³-hybridized carbons (Fsp3) is 1.00. The molecule has 0 aliphatic rings. The van der Waals surface area contributed by atoms with Crippen molar-refractivity contribution in [3.05, 3.63) is 0 Å². The fourth-order valence-corrected chi connectivity index (χ4v) is 0.178. The summed E-state index contributed by atoms with van der Waals surface area (Å²) < 4.78 is 78.1. The number of halogens is 7. The molecule has 0 saturated heterocycles. The van der Waals surface area contributed by atoms with E-state index in [1.54, 1.807) is 0 Å². The van der Waals surface area contributed by atoms with Gasteiger partial charge in [0.05, 0.1) is 0 Å². The van der Waals surface area contributed by atoms with Gasteiger partial charge in [0, 0.05) is 0 Å². The van der Waals surface area contributed by atoms with Crippen LogP contribution in [0.2, 0.25) is 0 Å². The van der Waals surface area contributed by atoms with Gasteiger partial charge in [-0.1, -0.05) is 0 Å². The van der Waals surface area contributed by atoms with E-state index >= 15 is 0 Å². The van der Waals surface area contributed by atoms with Crippen LogP contribution in [0.1, 0.15) is 0 Å². The standard InChI is InChI=1S/C3HF7N/c4-1(5,2(6,7)8)3(9,10)11/h11H. The van der Waals surface area contributed by atoms with Crippen molar-refractivity contribution in [2.45, 2.75) is 18.1 Å². The van der Waals surface area contributed by atoms with E-state index in [2.05, 4.69) is 0 Å². The molecule has 0 aromatic carbocycles. The molecule has 0 spiro atoms. The zero-order valence-electron chi connectivity index (χ0n) is 4.65. The maximum absolute atomic E-state index is 11.4. The van der Waals surface area contributed by atoms with Gasteiger partial charge in [-0.25, -0.2) is 0 Å². The molecule has 1 N–H and O–H groups in total. The number of alkyl halides is 7. The van der Waals surface area contributed by atoms with Gasteiger partial charge in [-0.05, 0) is 0 Å². The molecule has 0 atom stereocenters. The molecule has 8 heteroatoms. The van der Waals surface area contributed by atoms with Gasteiger partial charge in [-0.15, -0.1) is 0 Å². The van der Waals surface area contributed by atoms with Crippen LogP contribution in [0, 0.1) is 0 Å². The summed E-state index contributed by atoms with van der Waals surface area (Å²) in [5, 5.41) is 0. The van der Waals surface area contributed by atoms with Crippen molar-refractivity contribution < 1.29 is 30.7 Å². The summed E-state index contributed by atoms with van der Waals surface area (Å²) in [5.41, 5.74) is 5.19. The molecule has 0 saturated carbocycles. The summed E-state index contributed by atoms with van der Waals surface area (Å²) in [7, 11) is 0. The first-order chi connectivity index (χ1) is 4.50. The van der Waals surface area contributed by atoms with Crippen LogP contribution in [0.4, 0.5) is 30.7 Å². The summed E-state index contributed by atoms with van der Waals surface area (Å²) in [6.07, 6.45) is -6.39. The summed E-state index contributed by atoms with van der Waals surface area (Å²) in [6.45, 7) is 0. The zero-order chi connectivity index (χ0) is 9.50. The molecule has 0 unspecified atom stereocenters. The van der Waals surface area contributed by atoms with Gasteiger partial charge in [-0.2, -0.15) is 36.5 Å². The second kappa shape index (κ2) is 2.23. The molecule has 0 fully saturated rings. The molecule has 0 amide bonds. The Morgan fingerprint density at radius 1 is 0.727 bits per heavy atom. The second-order valence-corrected chi connectivity index (χ2v) is 1.65. The first kappa shape index (κ1) is 10.5. The molecule has 0 aliphatic heterocycles. The van der Waals surface area contributed by atoms with Gasteiger partial charge < -0.3 is 0 Å². The number of hydrogen-bond donors (Lipinski definition) is 0. The van der Waals surface area contributed by atoms with E-state index in [4.69, 9.17) is 5.73 Å². The van der Waals surface area contributed by atoms with E-state index in [0.29, 0.717) is 0 Å². The number of rotatable bonds is 1. The molecule has 0 aromatic heterocycles. The molecular weight excluding hydrogens is 183 g/mol. The van der Waals surface area contributed by atoms with Crippen molar-refractivity contribution in [2.75, 3.05) is 0 Å². The Morgan fingerprint density at radius 2 is 1.00 bits per heavy atom. The van der Waals surface area contributed by atoms with Gasteiger partial charge in [0.15, 0.2) is 0 Å². The van der Waals surface area contributed by atoms with Crippen molar-refractivity contribution in [1.29, 1.82) is 0 Å². The summed E-state index contributed by atoms with van der Waals surface area (Å²) >= 11 is 0. The zero-order valence-corrected chi connectivity index (χ0v) is 4.65. The Morgan fingerprint density at radius 3 is 1.00 bits per heavy atom. The van der Waals surface area contributed by atoms with Gasteiger partial charge in [0.2, 0.25) is 0 Å². The number of hydrogen-bond acceptors (Lipinski definition) is 0. The Hall–Kier alpha value is -0.530. The monoisotopic (exact) mass is 184 g/mol. The lowest BCUT2D eigenvalue weighted by Crippen LogP contribution is -2.52. The first-order valence-electron chi connectivity index (χ1n) is 2.07. The molecule has 1 nitrogen and oxygen atoms in total. The van der Waals surface area contributed by atoms with Crippen molar-refractivity contribution >= 4 is 0 Å². The Kier molecular flexibility index (Phi) is 2.12.